The van der Waals surface area contributed by atoms with Crippen molar-refractivity contribution in [1.82, 2.24) is 19.8 Å². The van der Waals surface area contributed by atoms with Crippen LogP contribution in [0, 0.1) is 6.92 Å². The van der Waals surface area contributed by atoms with Crippen LogP contribution in [0.25, 0.3) is 26.7 Å². The smallest absolute Gasteiger partial charge is 0.255 e. The van der Waals surface area contributed by atoms with Crippen molar-refractivity contribution in [2.75, 3.05) is 5.32 Å². The van der Waals surface area contributed by atoms with E-state index in [9.17, 15) is 4.79 Å². The van der Waals surface area contributed by atoms with Gasteiger partial charge in [0.1, 0.15) is 5.01 Å². The molecule has 146 valence electrons. The van der Waals surface area contributed by atoms with Gasteiger partial charge < -0.3 is 5.32 Å². The molecule has 1 amide bonds. The van der Waals surface area contributed by atoms with Crippen LogP contribution >= 0.6 is 11.3 Å². The Kier molecular flexibility index (Phi) is 4.57. The number of anilines is 1. The lowest BCUT2D eigenvalue weighted by Crippen LogP contribution is -2.11. The minimum atomic E-state index is -0.142. The van der Waals surface area contributed by atoms with Gasteiger partial charge in [0.2, 0.25) is 4.96 Å². The number of nitrogens with one attached hydrogen (secondary N) is 1. The summed E-state index contributed by atoms with van der Waals surface area (Å²) in [5, 5.41) is 16.4. The highest BCUT2D eigenvalue weighted by Gasteiger charge is 2.11. The molecule has 0 aliphatic heterocycles. The first kappa shape index (κ1) is 18.2. The molecule has 2 heterocycles. The van der Waals surface area contributed by atoms with Crippen molar-refractivity contribution in [3.05, 3.63) is 90.3 Å². The summed E-state index contributed by atoms with van der Waals surface area (Å²) in [4.78, 5) is 13.4. The number of aryl methyl sites for hydroxylation is 1. The van der Waals surface area contributed by atoms with E-state index in [1.807, 2.05) is 73.7 Å². The van der Waals surface area contributed by atoms with Gasteiger partial charge in [-0.05, 0) is 54.4 Å². The van der Waals surface area contributed by atoms with Gasteiger partial charge >= 0.3 is 0 Å². The molecule has 0 spiro atoms. The number of fused-ring (bicyclic) bond motifs is 1. The molecule has 3 aromatic carbocycles. The maximum atomic E-state index is 12.6. The third-order valence-electron chi connectivity index (χ3n) is 4.79. The van der Waals surface area contributed by atoms with Crippen molar-refractivity contribution in [3.63, 3.8) is 0 Å². The van der Waals surface area contributed by atoms with Gasteiger partial charge in [0.25, 0.3) is 5.91 Å². The minimum absolute atomic E-state index is 0.142. The molecule has 0 atom stereocenters. The third kappa shape index (κ3) is 3.46. The van der Waals surface area contributed by atoms with Crippen LogP contribution in [-0.2, 0) is 0 Å². The zero-order valence-corrected chi connectivity index (χ0v) is 16.9. The van der Waals surface area contributed by atoms with Crippen LogP contribution in [0.5, 0.6) is 0 Å². The monoisotopic (exact) mass is 411 g/mol. The molecular formula is C23H17N5OS. The summed E-state index contributed by atoms with van der Waals surface area (Å²) in [7, 11) is 0. The van der Waals surface area contributed by atoms with Gasteiger partial charge in [-0.15, -0.1) is 10.2 Å². The number of benzene rings is 3. The molecule has 0 saturated heterocycles. The Bertz CT molecular complexity index is 1320. The lowest BCUT2D eigenvalue weighted by Gasteiger charge is -2.07. The molecule has 0 aliphatic carbocycles. The summed E-state index contributed by atoms with van der Waals surface area (Å²) < 4.78 is 1.73. The van der Waals surface area contributed by atoms with Crippen LogP contribution in [0.2, 0.25) is 0 Å². The van der Waals surface area contributed by atoms with Crippen LogP contribution in [-0.4, -0.2) is 25.7 Å². The number of hydrogen-bond donors (Lipinski definition) is 1. The summed E-state index contributed by atoms with van der Waals surface area (Å²) in [6, 6.07) is 25.3. The van der Waals surface area contributed by atoms with Crippen LogP contribution in [0.1, 0.15) is 16.2 Å². The number of nitrogens with zero attached hydrogens (tertiary/aromatic N) is 4. The molecule has 0 unspecified atom stereocenters. The molecule has 5 rings (SSSR count). The molecule has 0 bridgehead atoms. The minimum Gasteiger partial charge on any atom is -0.322 e. The third-order valence-corrected chi connectivity index (χ3v) is 5.74. The Morgan fingerprint density at radius 2 is 1.50 bits per heavy atom. The highest BCUT2D eigenvalue weighted by molar-refractivity contribution is 7.19. The van der Waals surface area contributed by atoms with Crippen LogP contribution in [0.15, 0.2) is 78.9 Å². The Hall–Kier alpha value is -3.84. The molecule has 1 N–H and O–H groups in total. The summed E-state index contributed by atoms with van der Waals surface area (Å²) in [6.07, 6.45) is 0. The average Bonchev–Trinajstić information content (AvgIpc) is 3.37. The van der Waals surface area contributed by atoms with Crippen molar-refractivity contribution < 1.29 is 4.79 Å². The van der Waals surface area contributed by atoms with Gasteiger partial charge in [0.15, 0.2) is 5.82 Å². The molecular weight excluding hydrogens is 394 g/mol. The van der Waals surface area contributed by atoms with Crippen LogP contribution in [0.4, 0.5) is 5.69 Å². The van der Waals surface area contributed by atoms with E-state index in [1.165, 1.54) is 11.3 Å². The van der Waals surface area contributed by atoms with Crippen molar-refractivity contribution in [1.29, 1.82) is 0 Å². The van der Waals surface area contributed by atoms with Crippen molar-refractivity contribution in [2.45, 2.75) is 6.92 Å². The normalized spacial score (nSPS) is 11.0. The fourth-order valence-electron chi connectivity index (χ4n) is 3.18. The van der Waals surface area contributed by atoms with Crippen LogP contribution < -0.4 is 5.32 Å². The molecule has 0 radical (unpaired) electrons. The SMILES string of the molecule is Cc1nnc2sc(-c3ccc(NC(=O)c4ccc(-c5ccccc5)cc4)cc3)nn12. The standard InChI is InChI=1S/C23H17N5OS/c1-15-25-26-23-28(15)27-22(30-23)19-11-13-20(14-12-19)24-21(29)18-9-7-17(8-10-18)16-5-3-2-4-6-16/h2-14H,1H3,(H,24,29). The topological polar surface area (TPSA) is 72.2 Å². The summed E-state index contributed by atoms with van der Waals surface area (Å²) in [6.45, 7) is 1.87. The highest BCUT2D eigenvalue weighted by atomic mass is 32.1. The number of hydrogen-bond acceptors (Lipinski definition) is 5. The molecule has 6 nitrogen and oxygen atoms in total. The van der Waals surface area contributed by atoms with Crippen LogP contribution in [0.3, 0.4) is 0 Å². The molecule has 0 saturated carbocycles. The Morgan fingerprint density at radius 3 is 2.20 bits per heavy atom. The summed E-state index contributed by atoms with van der Waals surface area (Å²) in [5.74, 6) is 0.617. The predicted octanol–water partition coefficient (Wildman–Crippen LogP) is 5.08. The average molecular weight is 411 g/mol. The zero-order valence-electron chi connectivity index (χ0n) is 16.1. The van der Waals surface area contributed by atoms with E-state index < -0.39 is 0 Å². The van der Waals surface area contributed by atoms with Gasteiger partial charge in [-0.2, -0.15) is 9.61 Å². The quantitative estimate of drug-likeness (QED) is 0.448. The van der Waals surface area contributed by atoms with E-state index in [1.54, 1.807) is 4.52 Å². The lowest BCUT2D eigenvalue weighted by molar-refractivity contribution is 0.102. The molecule has 7 heteroatoms. The maximum Gasteiger partial charge on any atom is 0.255 e. The number of rotatable bonds is 4. The highest BCUT2D eigenvalue weighted by Crippen LogP contribution is 2.27. The summed E-state index contributed by atoms with van der Waals surface area (Å²) >= 11 is 1.48. The van der Waals surface area contributed by atoms with Gasteiger partial charge in [-0.3, -0.25) is 4.79 Å². The first-order chi connectivity index (χ1) is 14.7. The van der Waals surface area contributed by atoms with Crippen molar-refractivity contribution >= 4 is 27.9 Å². The zero-order chi connectivity index (χ0) is 20.5. The molecule has 0 aliphatic rings. The number of carbonyl (C=O) groups is 1. The van der Waals surface area contributed by atoms with E-state index in [0.29, 0.717) is 5.56 Å². The molecule has 2 aromatic heterocycles. The summed E-state index contributed by atoms with van der Waals surface area (Å²) in [5.41, 5.74) is 4.52. The number of amides is 1. The second kappa shape index (κ2) is 7.53. The van der Waals surface area contributed by atoms with E-state index >= 15 is 0 Å². The number of aromatic nitrogens is 4. The van der Waals surface area contributed by atoms with E-state index in [2.05, 4.69) is 32.7 Å². The van der Waals surface area contributed by atoms with E-state index in [0.717, 1.165) is 38.2 Å². The second-order valence-electron chi connectivity index (χ2n) is 6.82. The van der Waals surface area contributed by atoms with E-state index in [4.69, 9.17) is 0 Å². The molecule has 5 aromatic rings. The Balaban J connectivity index is 1.30. The Labute approximate surface area is 176 Å². The fraction of sp³-hybridized carbons (Fsp3) is 0.0435. The largest absolute Gasteiger partial charge is 0.322 e. The molecule has 30 heavy (non-hydrogen) atoms. The first-order valence-corrected chi connectivity index (χ1v) is 10.3. The van der Waals surface area contributed by atoms with E-state index in [-0.39, 0.29) is 5.91 Å². The van der Waals surface area contributed by atoms with Gasteiger partial charge in [0.05, 0.1) is 0 Å². The fourth-order valence-corrected chi connectivity index (χ4v) is 4.07. The van der Waals surface area contributed by atoms with Crippen molar-refractivity contribution in [3.8, 4) is 21.7 Å². The maximum absolute atomic E-state index is 12.6. The lowest BCUT2D eigenvalue weighted by atomic mass is 10.0. The van der Waals surface area contributed by atoms with Gasteiger partial charge in [-0.25, -0.2) is 0 Å². The van der Waals surface area contributed by atoms with Gasteiger partial charge in [-0.1, -0.05) is 53.8 Å². The van der Waals surface area contributed by atoms with Crippen molar-refractivity contribution in [2.24, 2.45) is 0 Å². The van der Waals surface area contributed by atoms with Gasteiger partial charge in [0, 0.05) is 16.8 Å². The second-order valence-corrected chi connectivity index (χ2v) is 7.78. The predicted molar refractivity (Wildman–Crippen MR) is 119 cm³/mol. The molecule has 0 fully saturated rings. The Morgan fingerprint density at radius 1 is 0.833 bits per heavy atom. The number of carbonyl (C=O) groups excluding carboxylic acids is 1. The first-order valence-electron chi connectivity index (χ1n) is 9.43.